The van der Waals surface area contributed by atoms with E-state index in [1.54, 1.807) is 11.3 Å². The Labute approximate surface area is 98.5 Å². The van der Waals surface area contributed by atoms with E-state index in [0.29, 0.717) is 0 Å². The van der Waals surface area contributed by atoms with Gasteiger partial charge in [0.1, 0.15) is 0 Å². The van der Waals surface area contributed by atoms with Crippen LogP contribution in [0.15, 0.2) is 23.1 Å². The second-order valence-electron chi connectivity index (χ2n) is 2.39. The molecule has 0 saturated heterocycles. The molecule has 0 bridgehead atoms. The monoisotopic (exact) mass is 326 g/mol. The fourth-order valence-corrected chi connectivity index (χ4v) is 3.75. The Hall–Kier alpha value is 0.550. The molecule has 0 saturated carbocycles. The van der Waals surface area contributed by atoms with Crippen LogP contribution in [-0.2, 0) is 0 Å². The molecule has 0 aliphatic heterocycles. The maximum absolute atomic E-state index is 5.89. The lowest BCUT2D eigenvalue weighted by atomic mass is 10.3. The van der Waals surface area contributed by atoms with E-state index in [0.717, 1.165) is 14.6 Å². The van der Waals surface area contributed by atoms with Gasteiger partial charge in [-0.05, 0) is 40.8 Å². The van der Waals surface area contributed by atoms with Crippen molar-refractivity contribution in [3.8, 4) is 0 Å². The molecule has 0 unspecified atom stereocenters. The van der Waals surface area contributed by atoms with E-state index in [9.17, 15) is 0 Å². The molecule has 2 aromatic rings. The number of halogens is 2. The summed E-state index contributed by atoms with van der Waals surface area (Å²) in [5.41, 5.74) is 0. The normalized spacial score (nSPS) is 10.9. The first-order chi connectivity index (χ1) is 5.66. The SMILES string of the molecule is Sc1cc(I)cc2sc(Cl)cc12. The third-order valence-corrected chi connectivity index (χ3v) is 3.75. The van der Waals surface area contributed by atoms with Gasteiger partial charge in [0.05, 0.1) is 4.34 Å². The van der Waals surface area contributed by atoms with Gasteiger partial charge in [0.2, 0.25) is 0 Å². The molecule has 0 spiro atoms. The summed E-state index contributed by atoms with van der Waals surface area (Å²) < 4.78 is 3.22. The maximum Gasteiger partial charge on any atom is 0.0941 e. The van der Waals surface area contributed by atoms with Crippen molar-refractivity contribution in [3.63, 3.8) is 0 Å². The molecule has 4 heteroatoms. The second kappa shape index (κ2) is 3.36. The zero-order valence-electron chi connectivity index (χ0n) is 5.84. The maximum atomic E-state index is 5.89. The first-order valence-electron chi connectivity index (χ1n) is 3.24. The van der Waals surface area contributed by atoms with E-state index >= 15 is 0 Å². The summed E-state index contributed by atoms with van der Waals surface area (Å²) in [6.07, 6.45) is 0. The van der Waals surface area contributed by atoms with Crippen LogP contribution in [0.1, 0.15) is 0 Å². The van der Waals surface area contributed by atoms with Crippen molar-refractivity contribution in [1.29, 1.82) is 0 Å². The van der Waals surface area contributed by atoms with Crippen molar-refractivity contribution < 1.29 is 0 Å². The van der Waals surface area contributed by atoms with Gasteiger partial charge in [-0.3, -0.25) is 0 Å². The second-order valence-corrected chi connectivity index (χ2v) is 5.83. The number of thiol groups is 1. The van der Waals surface area contributed by atoms with E-state index in [2.05, 4.69) is 41.3 Å². The molecule has 0 fully saturated rings. The highest BCUT2D eigenvalue weighted by atomic mass is 127. The lowest BCUT2D eigenvalue weighted by Gasteiger charge is -1.95. The van der Waals surface area contributed by atoms with Crippen LogP contribution in [0.5, 0.6) is 0 Å². The molecule has 12 heavy (non-hydrogen) atoms. The number of rotatable bonds is 0. The Morgan fingerprint density at radius 1 is 1.33 bits per heavy atom. The van der Waals surface area contributed by atoms with Gasteiger partial charge in [-0.25, -0.2) is 0 Å². The smallest absolute Gasteiger partial charge is 0.0941 e. The molecule has 2 rings (SSSR count). The summed E-state index contributed by atoms with van der Waals surface area (Å²) in [6, 6.07) is 6.11. The summed E-state index contributed by atoms with van der Waals surface area (Å²) in [6.45, 7) is 0. The fraction of sp³-hybridized carbons (Fsp3) is 0. The minimum Gasteiger partial charge on any atom is -0.143 e. The van der Waals surface area contributed by atoms with Crippen LogP contribution in [-0.4, -0.2) is 0 Å². The number of benzene rings is 1. The summed E-state index contributed by atoms with van der Waals surface area (Å²) in [5, 5.41) is 1.15. The van der Waals surface area contributed by atoms with Crippen molar-refractivity contribution >= 4 is 68.2 Å². The standard InChI is InChI=1S/C8H4ClIS2/c9-8-3-5-6(11)1-4(10)2-7(5)12-8/h1-3,11H. The van der Waals surface area contributed by atoms with Gasteiger partial charge in [0.25, 0.3) is 0 Å². The summed E-state index contributed by atoms with van der Waals surface area (Å²) in [5.74, 6) is 0. The molecule has 1 aromatic heterocycles. The number of hydrogen-bond acceptors (Lipinski definition) is 2. The highest BCUT2D eigenvalue weighted by Gasteiger charge is 2.03. The average molecular weight is 327 g/mol. The minimum absolute atomic E-state index is 0.822. The van der Waals surface area contributed by atoms with Gasteiger partial charge in [-0.1, -0.05) is 11.6 Å². The van der Waals surface area contributed by atoms with Gasteiger partial charge >= 0.3 is 0 Å². The van der Waals surface area contributed by atoms with Crippen LogP contribution in [0.4, 0.5) is 0 Å². The Morgan fingerprint density at radius 3 is 2.83 bits per heavy atom. The molecule has 0 aliphatic carbocycles. The molecule has 0 aliphatic rings. The first kappa shape index (κ1) is 9.12. The molecule has 0 nitrogen and oxygen atoms in total. The Bertz CT molecular complexity index is 436. The van der Waals surface area contributed by atoms with E-state index < -0.39 is 0 Å². The molecule has 0 atom stereocenters. The van der Waals surface area contributed by atoms with Crippen molar-refractivity contribution in [2.24, 2.45) is 0 Å². The Kier molecular flexibility index (Phi) is 2.56. The Balaban J connectivity index is 2.88. The van der Waals surface area contributed by atoms with Gasteiger partial charge < -0.3 is 0 Å². The average Bonchev–Trinajstić information content (AvgIpc) is 2.29. The summed E-state index contributed by atoms with van der Waals surface area (Å²) >= 11 is 14.1. The van der Waals surface area contributed by atoms with Gasteiger partial charge in [0.15, 0.2) is 0 Å². The van der Waals surface area contributed by atoms with Gasteiger partial charge in [-0.2, -0.15) is 0 Å². The Morgan fingerprint density at radius 2 is 2.08 bits per heavy atom. The highest BCUT2D eigenvalue weighted by Crippen LogP contribution is 2.34. The fourth-order valence-electron chi connectivity index (χ4n) is 1.06. The number of fused-ring (bicyclic) bond motifs is 1. The molecule has 0 N–H and O–H groups in total. The van der Waals surface area contributed by atoms with Crippen molar-refractivity contribution in [2.75, 3.05) is 0 Å². The molecule has 1 aromatic carbocycles. The van der Waals surface area contributed by atoms with E-state index in [-0.39, 0.29) is 0 Å². The van der Waals surface area contributed by atoms with Crippen LogP contribution >= 0.6 is 58.2 Å². The number of hydrogen-bond donors (Lipinski definition) is 1. The van der Waals surface area contributed by atoms with Crippen molar-refractivity contribution in [3.05, 3.63) is 26.1 Å². The van der Waals surface area contributed by atoms with Crippen molar-refractivity contribution in [1.82, 2.24) is 0 Å². The lowest BCUT2D eigenvalue weighted by molar-refractivity contribution is 1.55. The van der Waals surface area contributed by atoms with Gasteiger partial charge in [0, 0.05) is 18.6 Å². The van der Waals surface area contributed by atoms with Crippen LogP contribution in [0.25, 0.3) is 10.1 Å². The molecular formula is C8H4ClIS2. The van der Waals surface area contributed by atoms with Crippen LogP contribution in [0.3, 0.4) is 0 Å². The summed E-state index contributed by atoms with van der Waals surface area (Å²) in [7, 11) is 0. The van der Waals surface area contributed by atoms with Crippen LogP contribution < -0.4 is 0 Å². The third kappa shape index (κ3) is 1.60. The minimum atomic E-state index is 0.822. The molecule has 0 amide bonds. The molecule has 62 valence electrons. The third-order valence-electron chi connectivity index (χ3n) is 1.55. The lowest BCUT2D eigenvalue weighted by Crippen LogP contribution is -1.71. The molecule has 1 heterocycles. The zero-order valence-corrected chi connectivity index (χ0v) is 10.5. The molecule has 0 radical (unpaired) electrons. The van der Waals surface area contributed by atoms with Crippen LogP contribution in [0.2, 0.25) is 4.34 Å². The first-order valence-corrected chi connectivity index (χ1v) is 5.96. The largest absolute Gasteiger partial charge is 0.143 e. The van der Waals surface area contributed by atoms with Crippen molar-refractivity contribution in [2.45, 2.75) is 4.90 Å². The zero-order chi connectivity index (χ0) is 8.72. The van der Waals surface area contributed by atoms with Gasteiger partial charge in [-0.15, -0.1) is 24.0 Å². The highest BCUT2D eigenvalue weighted by molar-refractivity contribution is 14.1. The predicted octanol–water partition coefficient (Wildman–Crippen LogP) is 4.45. The van der Waals surface area contributed by atoms with E-state index in [4.69, 9.17) is 11.6 Å². The van der Waals surface area contributed by atoms with E-state index in [1.165, 1.54) is 8.27 Å². The molecular weight excluding hydrogens is 323 g/mol. The predicted molar refractivity (Wildman–Crippen MR) is 66.8 cm³/mol. The van der Waals surface area contributed by atoms with Crippen LogP contribution in [0, 0.1) is 3.57 Å². The topological polar surface area (TPSA) is 0 Å². The summed E-state index contributed by atoms with van der Waals surface area (Å²) in [4.78, 5) is 1.00. The number of thiophene rings is 1. The quantitative estimate of drug-likeness (QED) is 0.537. The van der Waals surface area contributed by atoms with E-state index in [1.807, 2.05) is 12.1 Å².